The first-order chi connectivity index (χ1) is 12.3. The molecular weight excluding hydrogens is 328 g/mol. The first-order valence-corrected chi connectivity index (χ1v) is 8.49. The van der Waals surface area contributed by atoms with Crippen molar-refractivity contribution in [3.05, 3.63) is 59.7 Å². The van der Waals surface area contributed by atoms with Crippen molar-refractivity contribution >= 4 is 22.7 Å². The molecule has 3 aromatic rings. The highest BCUT2D eigenvalue weighted by Gasteiger charge is 2.30. The molecule has 0 saturated carbocycles. The van der Waals surface area contributed by atoms with Gasteiger partial charge in [-0.15, -0.1) is 5.10 Å². The number of nitrogens with one attached hydrogen (secondary N) is 1. The van der Waals surface area contributed by atoms with Crippen molar-refractivity contribution in [3.8, 4) is 0 Å². The summed E-state index contributed by atoms with van der Waals surface area (Å²) in [5, 5.41) is 11.5. The fourth-order valence-corrected chi connectivity index (χ4v) is 2.81. The van der Waals surface area contributed by atoms with E-state index < -0.39 is 6.17 Å². The molecule has 134 valence electrons. The summed E-state index contributed by atoms with van der Waals surface area (Å²) in [5.74, 6) is -0.332. The van der Waals surface area contributed by atoms with Crippen LogP contribution in [0.1, 0.15) is 54.6 Å². The van der Waals surface area contributed by atoms with E-state index in [2.05, 4.69) is 15.6 Å². The van der Waals surface area contributed by atoms with Crippen molar-refractivity contribution < 1.29 is 9.59 Å². The predicted octanol–water partition coefficient (Wildman–Crippen LogP) is 3.61. The maximum absolute atomic E-state index is 12.8. The van der Waals surface area contributed by atoms with Crippen LogP contribution in [0, 0.1) is 5.41 Å². The molecular formula is C20H22N4O2. The van der Waals surface area contributed by atoms with E-state index in [9.17, 15) is 9.59 Å². The summed E-state index contributed by atoms with van der Waals surface area (Å²) >= 11 is 0. The number of amides is 1. The number of hydrogen-bond donors (Lipinski definition) is 1. The van der Waals surface area contributed by atoms with Crippen LogP contribution >= 0.6 is 0 Å². The third-order valence-corrected chi connectivity index (χ3v) is 4.24. The number of rotatable bonds is 4. The number of Topliss-reactive ketones (excluding diaryl/α,β-unsaturated/α-hetero) is 1. The summed E-state index contributed by atoms with van der Waals surface area (Å²) in [6.07, 6.45) is -0.400. The van der Waals surface area contributed by atoms with Crippen LogP contribution in [0.5, 0.6) is 0 Å². The molecule has 0 saturated heterocycles. The molecule has 1 aromatic heterocycles. The van der Waals surface area contributed by atoms with Crippen LogP contribution in [0.15, 0.2) is 48.5 Å². The zero-order valence-electron chi connectivity index (χ0n) is 15.4. The molecule has 0 spiro atoms. The van der Waals surface area contributed by atoms with Crippen LogP contribution < -0.4 is 5.32 Å². The quantitative estimate of drug-likeness (QED) is 0.729. The summed E-state index contributed by atoms with van der Waals surface area (Å²) in [5.41, 5.74) is 2.27. The van der Waals surface area contributed by atoms with E-state index in [0.717, 1.165) is 11.0 Å². The van der Waals surface area contributed by atoms with Crippen LogP contribution in [-0.2, 0) is 0 Å². The lowest BCUT2D eigenvalue weighted by atomic mass is 9.91. The molecule has 6 nitrogen and oxygen atoms in total. The summed E-state index contributed by atoms with van der Waals surface area (Å²) in [7, 11) is 0. The average Bonchev–Trinajstić information content (AvgIpc) is 3.02. The fraction of sp³-hybridized carbons (Fsp3) is 0.300. The predicted molar refractivity (Wildman–Crippen MR) is 99.9 cm³/mol. The van der Waals surface area contributed by atoms with E-state index in [1.165, 1.54) is 6.92 Å². The van der Waals surface area contributed by atoms with Crippen molar-refractivity contribution in [2.45, 2.75) is 33.9 Å². The third-order valence-electron chi connectivity index (χ3n) is 4.24. The van der Waals surface area contributed by atoms with Crippen LogP contribution in [0.4, 0.5) is 0 Å². The highest BCUT2D eigenvalue weighted by Crippen LogP contribution is 2.30. The standard InChI is InChI=1S/C20H22N4O2/c1-13(25)14-8-7-9-15(12-14)18(26)21-19(20(2,3)4)24-17-11-6-5-10-16(17)22-23-24/h5-12,19H,1-4H3,(H,21,26). The second-order valence-corrected chi connectivity index (χ2v) is 7.40. The normalized spacial score (nSPS) is 12.8. The molecule has 1 atom stereocenters. The van der Waals surface area contributed by atoms with Crippen LogP contribution in [0.25, 0.3) is 11.0 Å². The molecule has 0 aliphatic rings. The van der Waals surface area contributed by atoms with Gasteiger partial charge >= 0.3 is 0 Å². The minimum absolute atomic E-state index is 0.0747. The number of fused-ring (bicyclic) bond motifs is 1. The number of para-hydroxylation sites is 1. The Kier molecular flexibility index (Phi) is 4.59. The van der Waals surface area contributed by atoms with E-state index in [1.54, 1.807) is 28.9 Å². The Morgan fingerprint density at radius 3 is 2.42 bits per heavy atom. The second kappa shape index (κ2) is 6.71. The number of benzene rings is 2. The van der Waals surface area contributed by atoms with Gasteiger partial charge in [-0.2, -0.15) is 0 Å². The van der Waals surface area contributed by atoms with Crippen molar-refractivity contribution in [3.63, 3.8) is 0 Å². The molecule has 2 aromatic carbocycles. The molecule has 0 fully saturated rings. The Morgan fingerprint density at radius 1 is 1.04 bits per heavy atom. The molecule has 6 heteroatoms. The number of aromatic nitrogens is 3. The zero-order valence-corrected chi connectivity index (χ0v) is 15.4. The summed E-state index contributed by atoms with van der Waals surface area (Å²) in [4.78, 5) is 24.4. The van der Waals surface area contributed by atoms with E-state index in [4.69, 9.17) is 0 Å². The molecule has 1 unspecified atom stereocenters. The number of carbonyl (C=O) groups is 2. The Labute approximate surface area is 152 Å². The molecule has 0 bridgehead atoms. The monoisotopic (exact) mass is 350 g/mol. The van der Waals surface area contributed by atoms with E-state index in [0.29, 0.717) is 11.1 Å². The van der Waals surface area contributed by atoms with E-state index in [-0.39, 0.29) is 17.1 Å². The Hall–Kier alpha value is -3.02. The van der Waals surface area contributed by atoms with Gasteiger partial charge in [-0.05, 0) is 31.2 Å². The lowest BCUT2D eigenvalue weighted by Crippen LogP contribution is -2.41. The van der Waals surface area contributed by atoms with Gasteiger partial charge in [-0.25, -0.2) is 4.68 Å². The molecule has 1 heterocycles. The van der Waals surface area contributed by atoms with Gasteiger partial charge in [0.25, 0.3) is 5.91 Å². The number of carbonyl (C=O) groups excluding carboxylic acids is 2. The second-order valence-electron chi connectivity index (χ2n) is 7.40. The lowest BCUT2D eigenvalue weighted by Gasteiger charge is -2.31. The van der Waals surface area contributed by atoms with Gasteiger partial charge in [-0.3, -0.25) is 9.59 Å². The third kappa shape index (κ3) is 3.49. The Bertz CT molecular complexity index is 969. The van der Waals surface area contributed by atoms with Crippen molar-refractivity contribution in [1.29, 1.82) is 0 Å². The number of hydrogen-bond acceptors (Lipinski definition) is 4. The molecule has 26 heavy (non-hydrogen) atoms. The van der Waals surface area contributed by atoms with Crippen molar-refractivity contribution in [2.75, 3.05) is 0 Å². The Morgan fingerprint density at radius 2 is 1.73 bits per heavy atom. The number of ketones is 1. The average molecular weight is 350 g/mol. The van der Waals surface area contributed by atoms with E-state index in [1.807, 2.05) is 45.0 Å². The zero-order chi connectivity index (χ0) is 18.9. The largest absolute Gasteiger partial charge is 0.330 e. The summed E-state index contributed by atoms with van der Waals surface area (Å²) < 4.78 is 1.74. The Balaban J connectivity index is 1.96. The van der Waals surface area contributed by atoms with Crippen molar-refractivity contribution in [2.24, 2.45) is 5.41 Å². The van der Waals surface area contributed by atoms with Gasteiger partial charge in [-0.1, -0.05) is 50.3 Å². The van der Waals surface area contributed by atoms with Gasteiger partial charge in [0.05, 0.1) is 5.52 Å². The smallest absolute Gasteiger partial charge is 0.252 e. The van der Waals surface area contributed by atoms with Gasteiger partial charge in [0.15, 0.2) is 5.78 Å². The molecule has 0 radical (unpaired) electrons. The van der Waals surface area contributed by atoms with Crippen LogP contribution in [0.3, 0.4) is 0 Å². The van der Waals surface area contributed by atoms with Crippen LogP contribution in [0.2, 0.25) is 0 Å². The SMILES string of the molecule is CC(=O)c1cccc(C(=O)NC(n2nnc3ccccc32)C(C)(C)C)c1. The van der Waals surface area contributed by atoms with Gasteiger partial charge < -0.3 is 5.32 Å². The fourth-order valence-electron chi connectivity index (χ4n) is 2.81. The molecule has 0 aliphatic heterocycles. The van der Waals surface area contributed by atoms with Gasteiger partial charge in [0, 0.05) is 16.5 Å². The maximum Gasteiger partial charge on any atom is 0.252 e. The summed E-state index contributed by atoms with van der Waals surface area (Å²) in [6, 6.07) is 14.3. The van der Waals surface area contributed by atoms with Crippen LogP contribution in [-0.4, -0.2) is 26.7 Å². The first-order valence-electron chi connectivity index (χ1n) is 8.49. The first kappa shape index (κ1) is 17.8. The van der Waals surface area contributed by atoms with Gasteiger partial charge in [0.1, 0.15) is 11.7 Å². The minimum Gasteiger partial charge on any atom is -0.330 e. The lowest BCUT2D eigenvalue weighted by molar-refractivity contribution is 0.0843. The summed E-state index contributed by atoms with van der Waals surface area (Å²) in [6.45, 7) is 7.57. The van der Waals surface area contributed by atoms with Gasteiger partial charge in [0.2, 0.25) is 0 Å². The highest BCUT2D eigenvalue weighted by atomic mass is 16.2. The maximum atomic E-state index is 12.8. The molecule has 1 N–H and O–H groups in total. The topological polar surface area (TPSA) is 76.9 Å². The molecule has 1 amide bonds. The minimum atomic E-state index is -0.400. The number of nitrogens with zero attached hydrogens (tertiary/aromatic N) is 3. The highest BCUT2D eigenvalue weighted by molar-refractivity contribution is 5.99. The van der Waals surface area contributed by atoms with Crippen molar-refractivity contribution in [1.82, 2.24) is 20.3 Å². The molecule has 0 aliphatic carbocycles. The van der Waals surface area contributed by atoms with E-state index >= 15 is 0 Å². The molecule has 3 rings (SSSR count).